The van der Waals surface area contributed by atoms with Gasteiger partial charge in [-0.2, -0.15) is 5.26 Å². The number of Topliss-reactive ketones (excluding diaryl/α,β-unsaturated/α-hetero) is 1. The van der Waals surface area contributed by atoms with Crippen molar-refractivity contribution < 1.29 is 19.1 Å². The van der Waals surface area contributed by atoms with E-state index < -0.39 is 23.6 Å². The number of esters is 1. The summed E-state index contributed by atoms with van der Waals surface area (Å²) in [5.74, 6) is -3.21. The number of nitriles is 1. The molecule has 0 saturated heterocycles. The van der Waals surface area contributed by atoms with E-state index in [2.05, 4.69) is 5.32 Å². The average Bonchev–Trinajstić information content (AvgIpc) is 2.67. The normalized spacial score (nSPS) is 11.2. The number of halogens is 1. The van der Waals surface area contributed by atoms with Gasteiger partial charge in [0.25, 0.3) is 0 Å². The number of carbonyl (C=O) groups is 3. The molecule has 7 heteroatoms. The third kappa shape index (κ3) is 4.72. The van der Waals surface area contributed by atoms with Crippen LogP contribution in [0.1, 0.15) is 23.7 Å². The van der Waals surface area contributed by atoms with Crippen molar-refractivity contribution in [3.05, 3.63) is 53.1 Å². The van der Waals surface area contributed by atoms with Gasteiger partial charge in [0.05, 0.1) is 18.7 Å². The summed E-state index contributed by atoms with van der Waals surface area (Å²) in [4.78, 5) is 36.1. The smallest absolute Gasteiger partial charge is 0.338 e. The first kappa shape index (κ1) is 20.1. The number of hydrogen-bond acceptors (Lipinski definition) is 5. The predicted molar refractivity (Wildman–Crippen MR) is 101 cm³/mol. The van der Waals surface area contributed by atoms with Crippen LogP contribution in [-0.4, -0.2) is 24.8 Å². The molecule has 0 aromatic heterocycles. The van der Waals surface area contributed by atoms with Gasteiger partial charge in [0.15, 0.2) is 11.7 Å². The second-order valence-electron chi connectivity index (χ2n) is 5.63. The monoisotopic (exact) mass is 384 g/mol. The first-order chi connectivity index (χ1) is 12.9. The van der Waals surface area contributed by atoms with E-state index in [4.69, 9.17) is 21.6 Å². The lowest BCUT2D eigenvalue weighted by Crippen LogP contribution is -2.28. The summed E-state index contributed by atoms with van der Waals surface area (Å²) in [5, 5.41) is 12.1. The topological polar surface area (TPSA) is 96.3 Å². The molecule has 0 aliphatic rings. The highest BCUT2D eigenvalue weighted by Gasteiger charge is 2.25. The number of nitrogens with one attached hydrogen (secondary N) is 1. The zero-order valence-electron chi connectivity index (χ0n) is 14.8. The van der Waals surface area contributed by atoms with Crippen molar-refractivity contribution in [2.75, 3.05) is 12.4 Å². The minimum atomic E-state index is -1.40. The third-order valence-corrected chi connectivity index (χ3v) is 4.12. The fourth-order valence-corrected chi connectivity index (χ4v) is 2.69. The molecule has 0 saturated carbocycles. The standard InChI is InChI=1S/C20H17ClN2O4/c1-3-18(24)17(11-22)19(25)23-14-7-8-15(16(10-14)20(26)27-2)12-5-4-6-13(21)9-12/h4-10,17H,3H2,1-2H3,(H,23,25). The van der Waals surface area contributed by atoms with E-state index in [-0.39, 0.29) is 17.7 Å². The number of methoxy groups -OCH3 is 1. The SMILES string of the molecule is CCC(=O)C(C#N)C(=O)Nc1ccc(-c2cccc(Cl)c2)c(C(=O)OC)c1. The molecule has 1 amide bonds. The van der Waals surface area contributed by atoms with Gasteiger partial charge in [-0.1, -0.05) is 36.7 Å². The molecule has 1 atom stereocenters. The maximum atomic E-state index is 12.2. The van der Waals surface area contributed by atoms with Crippen LogP contribution in [-0.2, 0) is 14.3 Å². The van der Waals surface area contributed by atoms with Gasteiger partial charge in [-0.25, -0.2) is 4.79 Å². The Labute approximate surface area is 161 Å². The Bertz CT molecular complexity index is 934. The molecule has 27 heavy (non-hydrogen) atoms. The molecule has 0 bridgehead atoms. The number of anilines is 1. The molecule has 0 aliphatic heterocycles. The summed E-state index contributed by atoms with van der Waals surface area (Å²) in [5.41, 5.74) is 1.77. The zero-order chi connectivity index (χ0) is 20.0. The van der Waals surface area contributed by atoms with Gasteiger partial charge in [0, 0.05) is 17.1 Å². The third-order valence-electron chi connectivity index (χ3n) is 3.89. The number of rotatable bonds is 6. The second kappa shape index (κ2) is 8.97. The van der Waals surface area contributed by atoms with Gasteiger partial charge in [0.1, 0.15) is 0 Å². The molecular formula is C20H17ClN2O4. The van der Waals surface area contributed by atoms with E-state index in [1.165, 1.54) is 13.2 Å². The lowest BCUT2D eigenvalue weighted by Gasteiger charge is -2.13. The fourth-order valence-electron chi connectivity index (χ4n) is 2.50. The van der Waals surface area contributed by atoms with Gasteiger partial charge in [-0.15, -0.1) is 0 Å². The molecule has 0 spiro atoms. The number of nitrogens with zero attached hydrogens (tertiary/aromatic N) is 1. The molecular weight excluding hydrogens is 368 g/mol. The summed E-state index contributed by atoms with van der Waals surface area (Å²) in [6.45, 7) is 1.58. The van der Waals surface area contributed by atoms with E-state index in [1.807, 2.05) is 0 Å². The van der Waals surface area contributed by atoms with Crippen LogP contribution >= 0.6 is 11.6 Å². The van der Waals surface area contributed by atoms with Crippen LogP contribution in [0.2, 0.25) is 5.02 Å². The molecule has 6 nitrogen and oxygen atoms in total. The number of hydrogen-bond donors (Lipinski definition) is 1. The summed E-state index contributed by atoms with van der Waals surface area (Å²) >= 11 is 6.02. The number of amides is 1. The van der Waals surface area contributed by atoms with E-state index in [1.54, 1.807) is 49.4 Å². The quantitative estimate of drug-likeness (QED) is 0.602. The van der Waals surface area contributed by atoms with Crippen molar-refractivity contribution >= 4 is 34.9 Å². The lowest BCUT2D eigenvalue weighted by molar-refractivity contribution is -0.128. The number of carbonyl (C=O) groups excluding carboxylic acids is 3. The molecule has 138 valence electrons. The molecule has 0 radical (unpaired) electrons. The molecule has 1 unspecified atom stereocenters. The van der Waals surface area contributed by atoms with Crippen molar-refractivity contribution in [1.82, 2.24) is 0 Å². The molecule has 2 aromatic rings. The molecule has 0 fully saturated rings. The second-order valence-corrected chi connectivity index (χ2v) is 6.07. The summed E-state index contributed by atoms with van der Waals surface area (Å²) in [7, 11) is 1.25. The highest BCUT2D eigenvalue weighted by Crippen LogP contribution is 2.29. The first-order valence-corrected chi connectivity index (χ1v) is 8.50. The van der Waals surface area contributed by atoms with Crippen LogP contribution in [0.4, 0.5) is 5.69 Å². The molecule has 2 rings (SSSR count). The maximum absolute atomic E-state index is 12.2. The zero-order valence-corrected chi connectivity index (χ0v) is 15.5. The van der Waals surface area contributed by atoms with Crippen LogP contribution in [0.5, 0.6) is 0 Å². The van der Waals surface area contributed by atoms with Gasteiger partial charge >= 0.3 is 5.97 Å². The fraction of sp³-hybridized carbons (Fsp3) is 0.200. The van der Waals surface area contributed by atoms with E-state index >= 15 is 0 Å². The van der Waals surface area contributed by atoms with Gasteiger partial charge in [-0.05, 0) is 35.4 Å². The van der Waals surface area contributed by atoms with Gasteiger partial charge < -0.3 is 10.1 Å². The molecule has 0 aliphatic carbocycles. The van der Waals surface area contributed by atoms with E-state index in [0.717, 1.165) is 0 Å². The van der Waals surface area contributed by atoms with Crippen LogP contribution < -0.4 is 5.32 Å². The highest BCUT2D eigenvalue weighted by molar-refractivity contribution is 6.30. The lowest BCUT2D eigenvalue weighted by atomic mass is 9.98. The minimum Gasteiger partial charge on any atom is -0.465 e. The Morgan fingerprint density at radius 2 is 1.96 bits per heavy atom. The van der Waals surface area contributed by atoms with Crippen molar-refractivity contribution in [3.63, 3.8) is 0 Å². The number of benzene rings is 2. The average molecular weight is 385 g/mol. The maximum Gasteiger partial charge on any atom is 0.338 e. The Morgan fingerprint density at radius 3 is 2.56 bits per heavy atom. The predicted octanol–water partition coefficient (Wildman–Crippen LogP) is 3.85. The summed E-state index contributed by atoms with van der Waals surface area (Å²) in [6, 6.07) is 13.3. The van der Waals surface area contributed by atoms with Crippen molar-refractivity contribution in [3.8, 4) is 17.2 Å². The first-order valence-electron chi connectivity index (χ1n) is 8.12. The molecule has 2 aromatic carbocycles. The molecule has 1 N–H and O–H groups in total. The van der Waals surface area contributed by atoms with Crippen LogP contribution in [0.3, 0.4) is 0 Å². The van der Waals surface area contributed by atoms with Crippen LogP contribution in [0.15, 0.2) is 42.5 Å². The minimum absolute atomic E-state index is 0.0762. The van der Waals surface area contributed by atoms with Crippen molar-refractivity contribution in [2.24, 2.45) is 5.92 Å². The van der Waals surface area contributed by atoms with Crippen LogP contribution in [0.25, 0.3) is 11.1 Å². The Hall–Kier alpha value is -3.17. The number of ether oxygens (including phenoxy) is 1. The molecule has 0 heterocycles. The van der Waals surface area contributed by atoms with Crippen molar-refractivity contribution in [2.45, 2.75) is 13.3 Å². The Morgan fingerprint density at radius 1 is 1.22 bits per heavy atom. The van der Waals surface area contributed by atoms with E-state index in [0.29, 0.717) is 16.1 Å². The summed E-state index contributed by atoms with van der Waals surface area (Å²) < 4.78 is 4.82. The van der Waals surface area contributed by atoms with Gasteiger partial charge in [-0.3, -0.25) is 9.59 Å². The Kier molecular flexibility index (Phi) is 6.69. The van der Waals surface area contributed by atoms with Crippen molar-refractivity contribution in [1.29, 1.82) is 5.26 Å². The Balaban J connectivity index is 2.41. The highest BCUT2D eigenvalue weighted by atomic mass is 35.5. The largest absolute Gasteiger partial charge is 0.465 e. The van der Waals surface area contributed by atoms with Gasteiger partial charge in [0.2, 0.25) is 5.91 Å². The number of ketones is 1. The van der Waals surface area contributed by atoms with Crippen LogP contribution in [0, 0.1) is 17.2 Å². The summed E-state index contributed by atoms with van der Waals surface area (Å²) in [6.07, 6.45) is 0.0762. The van der Waals surface area contributed by atoms with E-state index in [9.17, 15) is 14.4 Å².